The highest BCUT2D eigenvalue weighted by atomic mass is 35.5. The van der Waals surface area contributed by atoms with Crippen LogP contribution in [0, 0.1) is 0 Å². The van der Waals surface area contributed by atoms with Crippen molar-refractivity contribution in [3.63, 3.8) is 0 Å². The number of rotatable bonds is 4. The first-order valence-corrected chi connectivity index (χ1v) is 6.99. The first kappa shape index (κ1) is 13.5. The van der Waals surface area contributed by atoms with E-state index < -0.39 is 21.8 Å². The minimum absolute atomic E-state index is 0.0489. The van der Waals surface area contributed by atoms with Crippen LogP contribution in [0.15, 0.2) is 11.6 Å². The van der Waals surface area contributed by atoms with Crippen molar-refractivity contribution in [1.82, 2.24) is 4.90 Å². The van der Waals surface area contributed by atoms with Gasteiger partial charge in [-0.1, -0.05) is 18.2 Å². The molecule has 0 amide bonds. The van der Waals surface area contributed by atoms with Crippen LogP contribution in [-0.2, 0) is 14.6 Å². The molecule has 1 rings (SSSR count). The van der Waals surface area contributed by atoms with Gasteiger partial charge in [0.1, 0.15) is 0 Å². The number of nitrogens with zero attached hydrogens (tertiary/aromatic N) is 1. The Kier molecular flexibility index (Phi) is 4.35. The molecule has 5 nitrogen and oxygen atoms in total. The lowest BCUT2D eigenvalue weighted by Crippen LogP contribution is -2.49. The molecule has 0 aromatic carbocycles. The molecule has 1 aliphatic rings. The van der Waals surface area contributed by atoms with E-state index in [-0.39, 0.29) is 17.9 Å². The van der Waals surface area contributed by atoms with E-state index in [1.807, 2.05) is 0 Å². The molecule has 1 N–H and O–H groups in total. The van der Waals surface area contributed by atoms with Gasteiger partial charge in [0.25, 0.3) is 0 Å². The fraction of sp³-hybridized carbons (Fsp3) is 0.667. The highest BCUT2D eigenvalue weighted by Gasteiger charge is 2.32. The van der Waals surface area contributed by atoms with E-state index in [9.17, 15) is 13.2 Å². The van der Waals surface area contributed by atoms with E-state index in [1.165, 1.54) is 0 Å². The summed E-state index contributed by atoms with van der Waals surface area (Å²) in [6, 6.07) is -0.508. The van der Waals surface area contributed by atoms with Crippen LogP contribution in [0.5, 0.6) is 0 Å². The van der Waals surface area contributed by atoms with Gasteiger partial charge in [0, 0.05) is 24.2 Å². The Morgan fingerprint density at radius 3 is 2.69 bits per heavy atom. The summed E-state index contributed by atoms with van der Waals surface area (Å²) < 4.78 is 22.8. The summed E-state index contributed by atoms with van der Waals surface area (Å²) in [7, 11) is -3.12. The molecule has 0 aromatic rings. The normalized spacial score (nSPS) is 25.2. The van der Waals surface area contributed by atoms with E-state index in [4.69, 9.17) is 16.7 Å². The van der Waals surface area contributed by atoms with Crippen molar-refractivity contribution < 1.29 is 18.3 Å². The maximum Gasteiger partial charge on any atom is 0.304 e. The molecule has 1 heterocycles. The minimum atomic E-state index is -3.12. The third-order valence-electron chi connectivity index (χ3n) is 2.44. The summed E-state index contributed by atoms with van der Waals surface area (Å²) in [5.41, 5.74) is 0. The van der Waals surface area contributed by atoms with Gasteiger partial charge in [0.15, 0.2) is 9.84 Å². The lowest BCUT2D eigenvalue weighted by atomic mass is 10.2. The Labute approximate surface area is 99.6 Å². The SMILES string of the molecule is C=C(Cl)CN1CCS(=O)(=O)CC1CC(=O)O. The number of carboxylic acid groups (broad SMARTS) is 1. The monoisotopic (exact) mass is 267 g/mol. The van der Waals surface area contributed by atoms with E-state index in [2.05, 4.69) is 6.58 Å². The van der Waals surface area contributed by atoms with Gasteiger partial charge in [-0.05, 0) is 0 Å². The van der Waals surface area contributed by atoms with Gasteiger partial charge in [-0.2, -0.15) is 0 Å². The number of sulfone groups is 1. The summed E-state index contributed by atoms with van der Waals surface area (Å²) >= 11 is 5.65. The number of carboxylic acids is 1. The predicted molar refractivity (Wildman–Crippen MR) is 61.3 cm³/mol. The maximum atomic E-state index is 11.4. The summed E-state index contributed by atoms with van der Waals surface area (Å²) in [4.78, 5) is 12.4. The van der Waals surface area contributed by atoms with E-state index >= 15 is 0 Å². The van der Waals surface area contributed by atoms with Crippen LogP contribution in [-0.4, -0.2) is 55.0 Å². The highest BCUT2D eigenvalue weighted by Crippen LogP contribution is 2.17. The van der Waals surface area contributed by atoms with Crippen molar-refractivity contribution in [3.8, 4) is 0 Å². The summed E-state index contributed by atoms with van der Waals surface area (Å²) in [5.74, 6) is -1.08. The molecule has 1 aliphatic heterocycles. The topological polar surface area (TPSA) is 74.7 Å². The molecule has 1 unspecified atom stereocenters. The number of carbonyl (C=O) groups is 1. The molecule has 16 heavy (non-hydrogen) atoms. The fourth-order valence-electron chi connectivity index (χ4n) is 1.74. The van der Waals surface area contributed by atoms with Crippen LogP contribution in [0.2, 0.25) is 0 Å². The first-order valence-electron chi connectivity index (χ1n) is 4.80. The average molecular weight is 268 g/mol. The third-order valence-corrected chi connectivity index (χ3v) is 4.25. The molecular formula is C9H14ClNO4S. The van der Waals surface area contributed by atoms with E-state index in [0.717, 1.165) is 0 Å². The maximum absolute atomic E-state index is 11.4. The largest absolute Gasteiger partial charge is 0.481 e. The number of hydrogen-bond acceptors (Lipinski definition) is 4. The van der Waals surface area contributed by atoms with Gasteiger partial charge in [0.05, 0.1) is 17.9 Å². The Balaban J connectivity index is 2.75. The van der Waals surface area contributed by atoms with Crippen LogP contribution in [0.25, 0.3) is 0 Å². The lowest BCUT2D eigenvalue weighted by Gasteiger charge is -2.34. The molecule has 1 saturated heterocycles. The van der Waals surface area contributed by atoms with Crippen molar-refractivity contribution in [2.45, 2.75) is 12.5 Å². The predicted octanol–water partition coefficient (Wildman–Crippen LogP) is 0.313. The molecule has 0 saturated carbocycles. The number of hydrogen-bond donors (Lipinski definition) is 1. The zero-order valence-corrected chi connectivity index (χ0v) is 10.3. The number of aliphatic carboxylic acids is 1. The van der Waals surface area contributed by atoms with E-state index in [0.29, 0.717) is 18.1 Å². The average Bonchev–Trinajstić information content (AvgIpc) is 2.07. The van der Waals surface area contributed by atoms with Gasteiger partial charge in [-0.15, -0.1) is 0 Å². The van der Waals surface area contributed by atoms with Crippen molar-refractivity contribution in [2.24, 2.45) is 0 Å². The van der Waals surface area contributed by atoms with Crippen LogP contribution in [0.1, 0.15) is 6.42 Å². The molecule has 92 valence electrons. The zero-order valence-electron chi connectivity index (χ0n) is 8.73. The quantitative estimate of drug-likeness (QED) is 0.794. The fourth-order valence-corrected chi connectivity index (χ4v) is 3.49. The first-order chi connectivity index (χ1) is 7.30. The Morgan fingerprint density at radius 2 is 2.19 bits per heavy atom. The third kappa shape index (κ3) is 4.11. The van der Waals surface area contributed by atoms with Crippen molar-refractivity contribution in [1.29, 1.82) is 0 Å². The molecular weight excluding hydrogens is 254 g/mol. The van der Waals surface area contributed by atoms with Crippen LogP contribution in [0.4, 0.5) is 0 Å². The summed E-state index contributed by atoms with van der Waals surface area (Å²) in [6.07, 6.45) is -0.191. The molecule has 7 heteroatoms. The summed E-state index contributed by atoms with van der Waals surface area (Å²) in [6.45, 7) is 4.17. The second-order valence-electron chi connectivity index (χ2n) is 3.85. The van der Waals surface area contributed by atoms with Gasteiger partial charge in [-0.25, -0.2) is 8.42 Å². The molecule has 1 fully saturated rings. The minimum Gasteiger partial charge on any atom is -0.481 e. The second kappa shape index (κ2) is 5.16. The van der Waals surface area contributed by atoms with E-state index in [1.54, 1.807) is 4.90 Å². The van der Waals surface area contributed by atoms with Crippen molar-refractivity contribution in [2.75, 3.05) is 24.6 Å². The molecule has 0 spiro atoms. The molecule has 0 radical (unpaired) electrons. The van der Waals surface area contributed by atoms with Gasteiger partial charge >= 0.3 is 5.97 Å². The van der Waals surface area contributed by atoms with Crippen LogP contribution >= 0.6 is 11.6 Å². The highest BCUT2D eigenvalue weighted by molar-refractivity contribution is 7.91. The van der Waals surface area contributed by atoms with Gasteiger partial charge < -0.3 is 5.11 Å². The lowest BCUT2D eigenvalue weighted by molar-refractivity contribution is -0.138. The van der Waals surface area contributed by atoms with Crippen LogP contribution < -0.4 is 0 Å². The molecule has 0 aromatic heterocycles. The summed E-state index contributed by atoms with van der Waals surface area (Å²) in [5, 5.41) is 9.09. The smallest absolute Gasteiger partial charge is 0.304 e. The Morgan fingerprint density at radius 1 is 1.56 bits per heavy atom. The number of halogens is 1. The standard InChI is InChI=1S/C9H14ClNO4S/c1-7(10)5-11-2-3-16(14,15)6-8(11)4-9(12)13/h8H,1-6H2,(H,12,13). The van der Waals surface area contributed by atoms with Gasteiger partial charge in [-0.3, -0.25) is 9.69 Å². The Hall–Kier alpha value is -0.590. The molecule has 0 aliphatic carbocycles. The second-order valence-corrected chi connectivity index (χ2v) is 6.62. The van der Waals surface area contributed by atoms with Crippen molar-refractivity contribution in [3.05, 3.63) is 11.6 Å². The van der Waals surface area contributed by atoms with Gasteiger partial charge in [0.2, 0.25) is 0 Å². The zero-order chi connectivity index (χ0) is 12.3. The molecule has 0 bridgehead atoms. The van der Waals surface area contributed by atoms with Crippen molar-refractivity contribution >= 4 is 27.4 Å². The van der Waals surface area contributed by atoms with Crippen LogP contribution in [0.3, 0.4) is 0 Å². The Bertz CT molecular complexity index is 392. The molecule has 1 atom stereocenters.